The van der Waals surface area contributed by atoms with Crippen molar-refractivity contribution in [2.24, 2.45) is 0 Å². The first-order chi connectivity index (χ1) is 10.7. The van der Waals surface area contributed by atoms with Gasteiger partial charge in [0.15, 0.2) is 0 Å². The number of benzene rings is 1. The van der Waals surface area contributed by atoms with E-state index >= 15 is 0 Å². The summed E-state index contributed by atoms with van der Waals surface area (Å²) in [5.74, 6) is -0.284. The van der Waals surface area contributed by atoms with Crippen LogP contribution in [0, 0.1) is 0 Å². The Bertz CT molecular complexity index is 791. The van der Waals surface area contributed by atoms with Gasteiger partial charge in [0, 0.05) is 12.5 Å². The minimum Gasteiger partial charge on any atom is -0.507 e. The number of aromatic amines is 1. The van der Waals surface area contributed by atoms with Crippen molar-refractivity contribution in [3.63, 3.8) is 0 Å². The molecule has 0 amide bonds. The molecular formula is C15H12N4O3. The Morgan fingerprint density at radius 3 is 2.82 bits per heavy atom. The number of aliphatic hydroxyl groups is 1. The second kappa shape index (κ2) is 6.04. The summed E-state index contributed by atoms with van der Waals surface area (Å²) in [7, 11) is 0. The van der Waals surface area contributed by atoms with Crippen LogP contribution < -0.4 is 0 Å². The molecule has 7 heteroatoms. The van der Waals surface area contributed by atoms with E-state index in [1.807, 2.05) is 30.3 Å². The van der Waals surface area contributed by atoms with Crippen LogP contribution in [0.15, 0.2) is 53.2 Å². The van der Waals surface area contributed by atoms with Crippen LogP contribution in [0.2, 0.25) is 0 Å². The number of carbonyl (C=O) groups is 1. The lowest BCUT2D eigenvalue weighted by Gasteiger charge is -2.02. The van der Waals surface area contributed by atoms with E-state index in [-0.39, 0.29) is 11.6 Å². The van der Waals surface area contributed by atoms with Crippen molar-refractivity contribution in [2.45, 2.75) is 6.42 Å². The lowest BCUT2D eigenvalue weighted by molar-refractivity contribution is 0.103. The Labute approximate surface area is 125 Å². The third kappa shape index (κ3) is 2.93. The summed E-state index contributed by atoms with van der Waals surface area (Å²) in [6.45, 7) is 0. The normalized spacial score (nSPS) is 11.5. The van der Waals surface area contributed by atoms with E-state index in [2.05, 4.69) is 20.6 Å². The molecule has 0 spiro atoms. The van der Waals surface area contributed by atoms with Crippen LogP contribution in [-0.2, 0) is 6.42 Å². The molecule has 0 bridgehead atoms. The molecule has 0 aliphatic heterocycles. The fraction of sp³-hybridized carbons (Fsp3) is 0.0667. The largest absolute Gasteiger partial charge is 0.507 e. The second-order valence-electron chi connectivity index (χ2n) is 4.55. The Morgan fingerprint density at radius 2 is 2.09 bits per heavy atom. The molecule has 0 aliphatic rings. The topological polar surface area (TPSA) is 105 Å². The Kier molecular flexibility index (Phi) is 3.78. The monoisotopic (exact) mass is 296 g/mol. The van der Waals surface area contributed by atoms with Gasteiger partial charge in [0.1, 0.15) is 11.5 Å². The highest BCUT2D eigenvalue weighted by atomic mass is 16.3. The number of hydrogen-bond donors (Lipinski definition) is 2. The number of H-pyrrole nitrogens is 1. The van der Waals surface area contributed by atoms with Gasteiger partial charge in [-0.3, -0.25) is 4.79 Å². The molecule has 2 aromatic heterocycles. The third-order valence-electron chi connectivity index (χ3n) is 3.06. The standard InChI is InChI=1S/C15H12N4O3/c20-12(9-13(21)15-16-18-19-17-15)11-6-7-22-14(11)8-10-4-2-1-3-5-10/h1-7,9,20H,8H2,(H,16,17,18,19). The van der Waals surface area contributed by atoms with Gasteiger partial charge in [0.25, 0.3) is 0 Å². The first kappa shape index (κ1) is 13.7. The zero-order valence-electron chi connectivity index (χ0n) is 11.4. The van der Waals surface area contributed by atoms with E-state index in [0.29, 0.717) is 17.7 Å². The van der Waals surface area contributed by atoms with Crippen LogP contribution in [0.25, 0.3) is 5.76 Å². The summed E-state index contributed by atoms with van der Waals surface area (Å²) in [6, 6.07) is 11.3. The van der Waals surface area contributed by atoms with Gasteiger partial charge in [-0.1, -0.05) is 30.3 Å². The van der Waals surface area contributed by atoms with E-state index in [9.17, 15) is 9.90 Å². The maximum absolute atomic E-state index is 11.8. The molecule has 0 saturated heterocycles. The van der Waals surface area contributed by atoms with Crippen LogP contribution in [0.1, 0.15) is 27.5 Å². The summed E-state index contributed by atoms with van der Waals surface area (Å²) >= 11 is 0. The Hall–Kier alpha value is -3.22. The Morgan fingerprint density at radius 1 is 1.27 bits per heavy atom. The first-order valence-electron chi connectivity index (χ1n) is 6.53. The predicted octanol–water partition coefficient (Wildman–Crippen LogP) is 2.17. The van der Waals surface area contributed by atoms with E-state index < -0.39 is 5.78 Å². The summed E-state index contributed by atoms with van der Waals surface area (Å²) in [6.07, 6.45) is 3.03. The first-order valence-corrected chi connectivity index (χ1v) is 6.53. The smallest absolute Gasteiger partial charge is 0.244 e. The minimum atomic E-state index is -0.543. The molecule has 0 saturated carbocycles. The second-order valence-corrected chi connectivity index (χ2v) is 4.55. The lowest BCUT2D eigenvalue weighted by Crippen LogP contribution is -2.00. The number of allylic oxidation sites excluding steroid dienone is 1. The number of furan rings is 1. The van der Waals surface area contributed by atoms with Crippen molar-refractivity contribution in [3.05, 3.63) is 71.4 Å². The number of ketones is 1. The number of nitrogens with zero attached hydrogens (tertiary/aromatic N) is 3. The van der Waals surface area contributed by atoms with Gasteiger partial charge in [-0.25, -0.2) is 0 Å². The van der Waals surface area contributed by atoms with Gasteiger partial charge in [-0.15, -0.1) is 10.2 Å². The number of aliphatic hydroxyl groups excluding tert-OH is 1. The van der Waals surface area contributed by atoms with E-state index in [1.54, 1.807) is 6.07 Å². The quantitative estimate of drug-likeness (QED) is 0.424. The molecular weight excluding hydrogens is 284 g/mol. The molecule has 3 aromatic rings. The van der Waals surface area contributed by atoms with Crippen molar-refractivity contribution in [1.82, 2.24) is 20.6 Å². The average molecular weight is 296 g/mol. The number of carbonyl (C=O) groups excluding carboxylic acids is 1. The van der Waals surface area contributed by atoms with Crippen LogP contribution in [0.5, 0.6) is 0 Å². The highest BCUT2D eigenvalue weighted by Gasteiger charge is 2.15. The van der Waals surface area contributed by atoms with Gasteiger partial charge in [-0.05, 0) is 16.8 Å². The molecule has 1 aromatic carbocycles. The van der Waals surface area contributed by atoms with Crippen molar-refractivity contribution >= 4 is 11.5 Å². The molecule has 3 rings (SSSR count). The number of rotatable bonds is 5. The summed E-state index contributed by atoms with van der Waals surface area (Å²) in [5.41, 5.74) is 1.50. The molecule has 0 unspecified atom stereocenters. The number of hydrogen-bond acceptors (Lipinski definition) is 6. The number of nitrogens with one attached hydrogen (secondary N) is 1. The van der Waals surface area contributed by atoms with Crippen molar-refractivity contribution in [2.75, 3.05) is 0 Å². The van der Waals surface area contributed by atoms with E-state index in [1.165, 1.54) is 6.26 Å². The Balaban J connectivity index is 1.83. The lowest BCUT2D eigenvalue weighted by atomic mass is 10.1. The van der Waals surface area contributed by atoms with Crippen LogP contribution >= 0.6 is 0 Å². The number of tetrazole rings is 1. The molecule has 2 N–H and O–H groups in total. The van der Waals surface area contributed by atoms with Gasteiger partial charge < -0.3 is 9.52 Å². The van der Waals surface area contributed by atoms with Crippen molar-refractivity contribution in [1.29, 1.82) is 0 Å². The molecule has 7 nitrogen and oxygen atoms in total. The van der Waals surface area contributed by atoms with E-state index in [0.717, 1.165) is 11.6 Å². The predicted molar refractivity (Wildman–Crippen MR) is 77.1 cm³/mol. The zero-order chi connectivity index (χ0) is 15.4. The number of aromatic nitrogens is 4. The van der Waals surface area contributed by atoms with Crippen LogP contribution in [0.4, 0.5) is 0 Å². The van der Waals surface area contributed by atoms with Crippen LogP contribution in [0.3, 0.4) is 0 Å². The van der Waals surface area contributed by atoms with Crippen LogP contribution in [-0.4, -0.2) is 31.5 Å². The molecule has 0 aliphatic carbocycles. The molecule has 110 valence electrons. The fourth-order valence-corrected chi connectivity index (χ4v) is 2.02. The maximum Gasteiger partial charge on any atom is 0.244 e. The van der Waals surface area contributed by atoms with Crippen molar-refractivity contribution < 1.29 is 14.3 Å². The summed E-state index contributed by atoms with van der Waals surface area (Å²) < 4.78 is 5.40. The summed E-state index contributed by atoms with van der Waals surface area (Å²) in [4.78, 5) is 11.8. The average Bonchev–Trinajstić information content (AvgIpc) is 3.19. The van der Waals surface area contributed by atoms with E-state index in [4.69, 9.17) is 4.42 Å². The summed E-state index contributed by atoms with van der Waals surface area (Å²) in [5, 5.41) is 22.7. The highest BCUT2D eigenvalue weighted by molar-refractivity contribution is 6.05. The van der Waals surface area contributed by atoms with Gasteiger partial charge in [0.2, 0.25) is 11.6 Å². The highest BCUT2D eigenvalue weighted by Crippen LogP contribution is 2.21. The third-order valence-corrected chi connectivity index (χ3v) is 3.06. The maximum atomic E-state index is 11.8. The van der Waals surface area contributed by atoms with Gasteiger partial charge in [0.05, 0.1) is 11.8 Å². The van der Waals surface area contributed by atoms with Gasteiger partial charge in [-0.2, -0.15) is 5.21 Å². The minimum absolute atomic E-state index is 0.111. The van der Waals surface area contributed by atoms with Crippen molar-refractivity contribution in [3.8, 4) is 0 Å². The molecule has 0 fully saturated rings. The van der Waals surface area contributed by atoms with Gasteiger partial charge >= 0.3 is 0 Å². The SMILES string of the molecule is O=C(C=C(O)c1ccoc1Cc1ccccc1)c1nn[nH]n1. The zero-order valence-corrected chi connectivity index (χ0v) is 11.4. The fourth-order valence-electron chi connectivity index (χ4n) is 2.02. The molecule has 0 atom stereocenters. The molecule has 2 heterocycles. The molecule has 0 radical (unpaired) electrons. The molecule has 22 heavy (non-hydrogen) atoms.